The lowest BCUT2D eigenvalue weighted by Gasteiger charge is -2.13. The highest BCUT2D eigenvalue weighted by molar-refractivity contribution is 7.89. The molecule has 190 valence electrons. The molecule has 0 saturated heterocycles. The Morgan fingerprint density at radius 3 is 2.71 bits per heavy atom. The molecular weight excluding hydrogens is 528 g/mol. The van der Waals surface area contributed by atoms with Gasteiger partial charge in [-0.25, -0.2) is 18.1 Å². The number of aromatic nitrogens is 3. The van der Waals surface area contributed by atoms with Crippen LogP contribution >= 0.6 is 11.6 Å². The Kier molecular flexibility index (Phi) is 5.59. The number of aromatic amines is 1. The molecule has 4 heterocycles. The lowest BCUT2D eigenvalue weighted by molar-refractivity contribution is 0.0974. The van der Waals surface area contributed by atoms with Crippen LogP contribution in [0.2, 0.25) is 5.15 Å². The van der Waals surface area contributed by atoms with Gasteiger partial charge in [0.25, 0.3) is 11.5 Å². The third-order valence-electron chi connectivity index (χ3n) is 6.31. The number of hydrogen-bond donors (Lipinski definition) is 2. The fourth-order valence-electron chi connectivity index (χ4n) is 4.78. The van der Waals surface area contributed by atoms with Gasteiger partial charge in [0.05, 0.1) is 41.0 Å². The molecule has 2 N–H and O–H groups in total. The topological polar surface area (TPSA) is 127 Å². The van der Waals surface area contributed by atoms with Crippen molar-refractivity contribution >= 4 is 60.3 Å². The summed E-state index contributed by atoms with van der Waals surface area (Å²) in [5, 5.41) is 2.33. The molecule has 0 bridgehead atoms. The molecule has 0 spiro atoms. The number of carbonyl (C=O) groups is 1. The second-order valence-corrected chi connectivity index (χ2v) is 11.0. The van der Waals surface area contributed by atoms with Gasteiger partial charge in [-0.15, -0.1) is 0 Å². The number of amides is 1. The molecule has 4 aromatic heterocycles. The molecule has 11 heteroatoms. The van der Waals surface area contributed by atoms with Crippen LogP contribution in [0.5, 0.6) is 0 Å². The summed E-state index contributed by atoms with van der Waals surface area (Å²) >= 11 is 6.57. The van der Waals surface area contributed by atoms with Crippen LogP contribution in [0.3, 0.4) is 0 Å². The van der Waals surface area contributed by atoms with E-state index < -0.39 is 21.5 Å². The molecule has 0 fully saturated rings. The first-order valence-electron chi connectivity index (χ1n) is 11.5. The van der Waals surface area contributed by atoms with E-state index in [1.807, 2.05) is 36.4 Å². The van der Waals surface area contributed by atoms with Crippen molar-refractivity contribution in [3.8, 4) is 11.1 Å². The number of H-pyrrole nitrogens is 1. The highest BCUT2D eigenvalue weighted by Crippen LogP contribution is 2.39. The Balaban J connectivity index is 1.72. The fourth-order valence-corrected chi connectivity index (χ4v) is 5.42. The zero-order valence-electron chi connectivity index (χ0n) is 19.9. The number of carbonyl (C=O) groups excluding carboxylic acids is 1. The third kappa shape index (κ3) is 4.04. The van der Waals surface area contributed by atoms with E-state index in [2.05, 4.69) is 14.7 Å². The molecule has 0 aliphatic heterocycles. The molecule has 38 heavy (non-hydrogen) atoms. The summed E-state index contributed by atoms with van der Waals surface area (Å²) in [6, 6.07) is 17.9. The maximum absolute atomic E-state index is 13.6. The average Bonchev–Trinajstić information content (AvgIpc) is 3.46. The van der Waals surface area contributed by atoms with Crippen molar-refractivity contribution < 1.29 is 17.6 Å². The van der Waals surface area contributed by atoms with Crippen LogP contribution < -0.4 is 10.3 Å². The van der Waals surface area contributed by atoms with Crippen molar-refractivity contribution in [1.82, 2.24) is 19.3 Å². The van der Waals surface area contributed by atoms with Gasteiger partial charge in [0.1, 0.15) is 16.4 Å². The molecule has 6 rings (SSSR count). The van der Waals surface area contributed by atoms with E-state index in [0.29, 0.717) is 27.6 Å². The molecule has 1 amide bonds. The van der Waals surface area contributed by atoms with Crippen molar-refractivity contribution in [2.45, 2.75) is 6.54 Å². The second kappa shape index (κ2) is 8.86. The van der Waals surface area contributed by atoms with Crippen LogP contribution in [0.4, 0.5) is 0 Å². The maximum Gasteiger partial charge on any atom is 0.282 e. The third-order valence-corrected chi connectivity index (χ3v) is 7.19. The largest absolute Gasteiger partial charge is 0.464 e. The van der Waals surface area contributed by atoms with Gasteiger partial charge < -0.3 is 14.0 Å². The van der Waals surface area contributed by atoms with E-state index in [1.54, 1.807) is 28.8 Å². The molecule has 9 nitrogen and oxygen atoms in total. The highest BCUT2D eigenvalue weighted by atomic mass is 35.5. The van der Waals surface area contributed by atoms with E-state index in [-0.39, 0.29) is 28.5 Å². The van der Waals surface area contributed by atoms with Gasteiger partial charge in [-0.05, 0) is 42.5 Å². The average molecular weight is 547 g/mol. The second-order valence-electron chi connectivity index (χ2n) is 8.86. The Labute approximate surface area is 220 Å². The Bertz CT molecular complexity index is 2070. The first-order chi connectivity index (χ1) is 18.2. The summed E-state index contributed by atoms with van der Waals surface area (Å²) in [4.78, 5) is 33.7. The number of pyridine rings is 2. The molecule has 0 radical (unpaired) electrons. The van der Waals surface area contributed by atoms with E-state index in [0.717, 1.165) is 17.0 Å². The van der Waals surface area contributed by atoms with Crippen LogP contribution in [0.1, 0.15) is 16.1 Å². The lowest BCUT2D eigenvalue weighted by Crippen LogP contribution is -2.32. The number of fused-ring (bicyclic) bond motifs is 4. The number of nitrogens with one attached hydrogen (secondary N) is 2. The SMILES string of the molecule is CS(=O)(=O)NC(=O)c1c(-c2ccc[nH]c2=O)c2c3occc3ccc2n1Cc1cc2ccccc2nc1Cl. The van der Waals surface area contributed by atoms with Crippen molar-refractivity contribution in [2.75, 3.05) is 6.26 Å². The molecular formula is C27H19ClN4O5S. The van der Waals surface area contributed by atoms with Crippen molar-refractivity contribution in [2.24, 2.45) is 0 Å². The van der Waals surface area contributed by atoms with E-state index in [9.17, 15) is 18.0 Å². The standard InChI is InChI=1S/C27H19ClN4O5S/c1-38(35,36)31-27(34)23-21(18-6-4-11-29-26(18)33)22-20(9-8-15-10-12-37-24(15)22)32(23)14-17-13-16-5-2-3-7-19(16)30-25(17)28/h2-13H,14H2,1H3,(H,29,33)(H,31,34). The van der Waals surface area contributed by atoms with Crippen LogP contribution in [-0.4, -0.2) is 35.1 Å². The number of benzene rings is 2. The lowest BCUT2D eigenvalue weighted by atomic mass is 10.0. The summed E-state index contributed by atoms with van der Waals surface area (Å²) in [5.41, 5.74) is 2.26. The number of halogens is 1. The number of furan rings is 1. The molecule has 0 atom stereocenters. The van der Waals surface area contributed by atoms with Crippen LogP contribution in [0.25, 0.3) is 43.9 Å². The van der Waals surface area contributed by atoms with Gasteiger partial charge in [0, 0.05) is 28.1 Å². The molecule has 2 aromatic carbocycles. The minimum Gasteiger partial charge on any atom is -0.464 e. The van der Waals surface area contributed by atoms with Gasteiger partial charge in [0.2, 0.25) is 10.0 Å². The number of para-hydroxylation sites is 1. The van der Waals surface area contributed by atoms with Crippen LogP contribution in [0, 0.1) is 0 Å². The normalized spacial score (nSPS) is 11.9. The molecule has 6 aromatic rings. The Morgan fingerprint density at radius 1 is 1.11 bits per heavy atom. The van der Waals surface area contributed by atoms with Gasteiger partial charge in [0.15, 0.2) is 0 Å². The quantitative estimate of drug-likeness (QED) is 0.302. The van der Waals surface area contributed by atoms with Gasteiger partial charge in [-0.1, -0.05) is 29.8 Å². The van der Waals surface area contributed by atoms with Gasteiger partial charge in [-0.2, -0.15) is 0 Å². The monoisotopic (exact) mass is 546 g/mol. The summed E-state index contributed by atoms with van der Waals surface area (Å²) in [5.74, 6) is -0.897. The van der Waals surface area contributed by atoms with E-state index in [1.165, 1.54) is 12.5 Å². The molecule has 0 unspecified atom stereocenters. The smallest absolute Gasteiger partial charge is 0.282 e. The van der Waals surface area contributed by atoms with Crippen LogP contribution in [0.15, 0.2) is 82.3 Å². The predicted octanol–water partition coefficient (Wildman–Crippen LogP) is 4.68. The highest BCUT2D eigenvalue weighted by Gasteiger charge is 2.29. The summed E-state index contributed by atoms with van der Waals surface area (Å²) in [6.45, 7) is 0.0661. The zero-order chi connectivity index (χ0) is 26.6. The summed E-state index contributed by atoms with van der Waals surface area (Å²) in [6.07, 6.45) is 3.88. The first kappa shape index (κ1) is 24.0. The minimum atomic E-state index is -3.94. The van der Waals surface area contributed by atoms with E-state index >= 15 is 0 Å². The number of nitrogens with zero attached hydrogens (tertiary/aromatic N) is 2. The van der Waals surface area contributed by atoms with Gasteiger partial charge in [-0.3, -0.25) is 9.59 Å². The summed E-state index contributed by atoms with van der Waals surface area (Å²) in [7, 11) is -3.94. The predicted molar refractivity (Wildman–Crippen MR) is 146 cm³/mol. The van der Waals surface area contributed by atoms with E-state index in [4.69, 9.17) is 16.0 Å². The molecule has 0 aliphatic rings. The van der Waals surface area contributed by atoms with Crippen LogP contribution in [-0.2, 0) is 16.6 Å². The Morgan fingerprint density at radius 2 is 1.92 bits per heavy atom. The number of hydrogen-bond acceptors (Lipinski definition) is 6. The maximum atomic E-state index is 13.6. The minimum absolute atomic E-state index is 0.0322. The first-order valence-corrected chi connectivity index (χ1v) is 13.7. The molecule has 0 saturated carbocycles. The zero-order valence-corrected chi connectivity index (χ0v) is 21.4. The molecule has 0 aliphatic carbocycles. The Hall–Kier alpha value is -4.41. The number of rotatable bonds is 5. The summed E-state index contributed by atoms with van der Waals surface area (Å²) < 4.78 is 33.8. The fraction of sp³-hybridized carbons (Fsp3) is 0.0741. The number of sulfonamides is 1. The van der Waals surface area contributed by atoms with Crippen molar-refractivity contribution in [3.63, 3.8) is 0 Å². The van der Waals surface area contributed by atoms with Crippen molar-refractivity contribution in [3.05, 3.63) is 99.9 Å². The van der Waals surface area contributed by atoms with Crippen molar-refractivity contribution in [1.29, 1.82) is 0 Å². The van der Waals surface area contributed by atoms with Gasteiger partial charge >= 0.3 is 0 Å².